The molecule has 0 radical (unpaired) electrons. The number of aliphatic hydroxyl groups excluding tert-OH is 1. The van der Waals surface area contributed by atoms with E-state index in [0.717, 1.165) is 22.0 Å². The molecule has 5 nitrogen and oxygen atoms in total. The van der Waals surface area contributed by atoms with Crippen molar-refractivity contribution in [1.29, 1.82) is 0 Å². The Morgan fingerprint density at radius 2 is 2.25 bits per heavy atom. The third kappa shape index (κ3) is 1.79. The number of ether oxygens (including phenoxy) is 1. The summed E-state index contributed by atoms with van der Waals surface area (Å²) in [5.74, 6) is -1.22. The maximum absolute atomic E-state index is 13.3. The number of benzene rings is 1. The zero-order valence-electron chi connectivity index (χ0n) is 13.9. The predicted molar refractivity (Wildman–Crippen MR) is 88.7 cm³/mol. The number of ketones is 1. The molecule has 1 fully saturated rings. The van der Waals surface area contributed by atoms with Crippen LogP contribution in [0.25, 0.3) is 10.9 Å². The fourth-order valence-electron chi connectivity index (χ4n) is 4.53. The molecule has 2 aliphatic rings. The van der Waals surface area contributed by atoms with Gasteiger partial charge in [-0.2, -0.15) is 0 Å². The van der Waals surface area contributed by atoms with E-state index in [4.69, 9.17) is 4.74 Å². The molecule has 0 amide bonds. The predicted octanol–water partition coefficient (Wildman–Crippen LogP) is 1.88. The molecule has 4 rings (SSSR count). The van der Waals surface area contributed by atoms with Crippen LogP contribution in [0.4, 0.5) is 0 Å². The Labute approximate surface area is 140 Å². The molecule has 1 heterocycles. The molecule has 24 heavy (non-hydrogen) atoms. The number of aromatic nitrogens is 1. The van der Waals surface area contributed by atoms with Crippen molar-refractivity contribution in [2.45, 2.75) is 37.7 Å². The normalized spacial score (nSPS) is 28.7. The maximum Gasteiger partial charge on any atom is 0.324 e. The van der Waals surface area contributed by atoms with Crippen molar-refractivity contribution in [1.82, 2.24) is 4.57 Å². The van der Waals surface area contributed by atoms with Gasteiger partial charge in [-0.15, -0.1) is 0 Å². The van der Waals surface area contributed by atoms with E-state index >= 15 is 0 Å². The molecule has 3 atom stereocenters. The van der Waals surface area contributed by atoms with Crippen molar-refractivity contribution in [3.8, 4) is 0 Å². The average Bonchev–Trinajstić information content (AvgIpc) is 2.85. The Bertz CT molecular complexity index is 852. The standard InChI is InChI=1S/C19H21NO4/c1-3-24-18(23)19-8-7-15(21)12(17(19)22)9-11-10-20(2)14-6-4-5-13(19)16(11)14/h4-6,10,12,15,21H,3,7-9H2,1-2H3/t12-,15-,19+/m0/s1. The SMILES string of the molecule is CCOC(=O)[C@]12CC[C@H](O)[C@H](Cc3cn(C)c4cccc1c34)C2=O. The molecule has 1 saturated carbocycles. The van der Waals surface area contributed by atoms with Gasteiger partial charge in [-0.3, -0.25) is 9.59 Å². The smallest absolute Gasteiger partial charge is 0.324 e. The van der Waals surface area contributed by atoms with Gasteiger partial charge < -0.3 is 14.4 Å². The van der Waals surface area contributed by atoms with Crippen LogP contribution >= 0.6 is 0 Å². The third-order valence-electron chi connectivity index (χ3n) is 5.65. The monoisotopic (exact) mass is 327 g/mol. The van der Waals surface area contributed by atoms with Crippen molar-refractivity contribution in [3.05, 3.63) is 35.5 Å². The summed E-state index contributed by atoms with van der Waals surface area (Å²) >= 11 is 0. The number of hydrogen-bond donors (Lipinski definition) is 1. The molecule has 2 bridgehead atoms. The van der Waals surface area contributed by atoms with Gasteiger partial charge in [0.2, 0.25) is 0 Å². The number of esters is 1. The number of rotatable bonds is 2. The van der Waals surface area contributed by atoms with E-state index in [2.05, 4.69) is 0 Å². The topological polar surface area (TPSA) is 68.5 Å². The van der Waals surface area contributed by atoms with Crippen LogP contribution in [0, 0.1) is 5.92 Å². The summed E-state index contributed by atoms with van der Waals surface area (Å²) in [6.45, 7) is 1.98. The van der Waals surface area contributed by atoms with Gasteiger partial charge in [-0.25, -0.2) is 0 Å². The number of nitrogens with zero attached hydrogens (tertiary/aromatic N) is 1. The zero-order valence-corrected chi connectivity index (χ0v) is 13.9. The number of aryl methyl sites for hydroxylation is 1. The molecular weight excluding hydrogens is 306 g/mol. The first-order valence-corrected chi connectivity index (χ1v) is 8.47. The fourth-order valence-corrected chi connectivity index (χ4v) is 4.53. The van der Waals surface area contributed by atoms with Crippen molar-refractivity contribution in [2.75, 3.05) is 6.61 Å². The van der Waals surface area contributed by atoms with Crippen LogP contribution in [0.15, 0.2) is 24.4 Å². The second-order valence-electron chi connectivity index (χ2n) is 6.87. The number of hydrogen-bond acceptors (Lipinski definition) is 4. The first-order chi connectivity index (χ1) is 11.5. The van der Waals surface area contributed by atoms with Gasteiger partial charge >= 0.3 is 5.97 Å². The van der Waals surface area contributed by atoms with Crippen molar-refractivity contribution < 1.29 is 19.4 Å². The van der Waals surface area contributed by atoms with E-state index in [-0.39, 0.29) is 12.4 Å². The summed E-state index contributed by atoms with van der Waals surface area (Å²) in [5.41, 5.74) is 1.48. The number of carbonyl (C=O) groups excluding carboxylic acids is 2. The largest absolute Gasteiger partial charge is 0.465 e. The lowest BCUT2D eigenvalue weighted by Crippen LogP contribution is -2.54. The van der Waals surface area contributed by atoms with Crippen LogP contribution < -0.4 is 0 Å². The summed E-state index contributed by atoms with van der Waals surface area (Å²) in [6.07, 6.45) is 2.51. The number of fused-ring (bicyclic) bond motifs is 3. The Morgan fingerprint density at radius 3 is 3.00 bits per heavy atom. The summed E-state index contributed by atoms with van der Waals surface area (Å²) in [6, 6.07) is 5.76. The van der Waals surface area contributed by atoms with Crippen LogP contribution in [0.5, 0.6) is 0 Å². The van der Waals surface area contributed by atoms with Gasteiger partial charge in [0.05, 0.1) is 12.7 Å². The van der Waals surface area contributed by atoms with E-state index in [1.165, 1.54) is 0 Å². The van der Waals surface area contributed by atoms with E-state index < -0.39 is 23.4 Å². The van der Waals surface area contributed by atoms with Crippen LogP contribution in [0.2, 0.25) is 0 Å². The van der Waals surface area contributed by atoms with E-state index in [9.17, 15) is 14.7 Å². The summed E-state index contributed by atoms with van der Waals surface area (Å²) in [5, 5.41) is 11.4. The molecule has 5 heteroatoms. The Balaban J connectivity index is 2.07. The summed E-state index contributed by atoms with van der Waals surface area (Å²) in [4.78, 5) is 26.2. The number of aliphatic hydroxyl groups is 1. The number of carbonyl (C=O) groups is 2. The first-order valence-electron chi connectivity index (χ1n) is 8.47. The highest BCUT2D eigenvalue weighted by atomic mass is 16.5. The Hall–Kier alpha value is -2.14. The van der Waals surface area contributed by atoms with Gasteiger partial charge in [0.15, 0.2) is 11.2 Å². The van der Waals surface area contributed by atoms with Crippen molar-refractivity contribution >= 4 is 22.7 Å². The van der Waals surface area contributed by atoms with Crippen LogP contribution in [-0.2, 0) is 33.2 Å². The van der Waals surface area contributed by atoms with Gasteiger partial charge in [-0.05, 0) is 43.4 Å². The summed E-state index contributed by atoms with van der Waals surface area (Å²) < 4.78 is 7.34. The second-order valence-corrected chi connectivity index (χ2v) is 6.87. The fraction of sp³-hybridized carbons (Fsp3) is 0.474. The molecule has 126 valence electrons. The highest BCUT2D eigenvalue weighted by Crippen LogP contribution is 2.48. The molecule has 0 spiro atoms. The lowest BCUT2D eigenvalue weighted by molar-refractivity contribution is -0.159. The van der Waals surface area contributed by atoms with Gasteiger partial charge in [-0.1, -0.05) is 12.1 Å². The summed E-state index contributed by atoms with van der Waals surface area (Å²) in [7, 11) is 1.96. The average molecular weight is 327 g/mol. The molecule has 0 unspecified atom stereocenters. The van der Waals surface area contributed by atoms with E-state index in [1.807, 2.05) is 36.0 Å². The van der Waals surface area contributed by atoms with Crippen LogP contribution in [0.3, 0.4) is 0 Å². The van der Waals surface area contributed by atoms with Crippen LogP contribution in [-0.4, -0.2) is 34.1 Å². The Kier molecular flexibility index (Phi) is 3.32. The molecule has 2 aromatic rings. The van der Waals surface area contributed by atoms with Crippen LogP contribution in [0.1, 0.15) is 30.9 Å². The molecule has 2 aliphatic carbocycles. The minimum Gasteiger partial charge on any atom is -0.465 e. The van der Waals surface area contributed by atoms with Gasteiger partial charge in [0.1, 0.15) is 0 Å². The molecular formula is C19H21NO4. The third-order valence-corrected chi connectivity index (χ3v) is 5.65. The highest BCUT2D eigenvalue weighted by molar-refractivity contribution is 6.15. The molecule has 1 N–H and O–H groups in total. The minimum absolute atomic E-state index is 0.189. The zero-order chi connectivity index (χ0) is 17.1. The lowest BCUT2D eigenvalue weighted by Gasteiger charge is -2.38. The first kappa shape index (κ1) is 15.4. The molecule has 1 aromatic heterocycles. The number of Topliss-reactive ketones (excluding diaryl/α,β-unsaturated/α-hetero) is 1. The van der Waals surface area contributed by atoms with E-state index in [1.54, 1.807) is 6.92 Å². The van der Waals surface area contributed by atoms with Crippen molar-refractivity contribution in [3.63, 3.8) is 0 Å². The molecule has 1 aromatic carbocycles. The van der Waals surface area contributed by atoms with Crippen molar-refractivity contribution in [2.24, 2.45) is 13.0 Å². The van der Waals surface area contributed by atoms with Gasteiger partial charge in [0, 0.05) is 30.1 Å². The quantitative estimate of drug-likeness (QED) is 0.675. The molecule has 0 aliphatic heterocycles. The van der Waals surface area contributed by atoms with E-state index in [0.29, 0.717) is 19.3 Å². The highest BCUT2D eigenvalue weighted by Gasteiger charge is 2.57. The molecule has 0 saturated heterocycles. The lowest BCUT2D eigenvalue weighted by atomic mass is 9.64. The second kappa shape index (κ2) is 5.18. The Morgan fingerprint density at radius 1 is 1.46 bits per heavy atom. The van der Waals surface area contributed by atoms with Gasteiger partial charge in [0.25, 0.3) is 0 Å². The maximum atomic E-state index is 13.3. The minimum atomic E-state index is -1.29.